The largest absolute Gasteiger partial charge is 0.462 e. The molecule has 3 aromatic rings. The summed E-state index contributed by atoms with van der Waals surface area (Å²) in [5, 5.41) is 3.53. The van der Waals surface area contributed by atoms with Gasteiger partial charge in [-0.15, -0.1) is 0 Å². The first-order chi connectivity index (χ1) is 15.0. The Hall–Kier alpha value is -3.27. The Kier molecular flexibility index (Phi) is 6.26. The van der Waals surface area contributed by atoms with Crippen molar-refractivity contribution in [1.29, 1.82) is 0 Å². The van der Waals surface area contributed by atoms with E-state index in [2.05, 4.69) is 20.2 Å². The summed E-state index contributed by atoms with van der Waals surface area (Å²) in [5.74, 6) is -0.785. The number of ether oxygens (including phenoxy) is 1. The first-order valence-corrected chi connectivity index (χ1v) is 11.0. The van der Waals surface area contributed by atoms with Crippen LogP contribution in [0.1, 0.15) is 36.5 Å². The van der Waals surface area contributed by atoms with Crippen molar-refractivity contribution in [1.82, 2.24) is 14.5 Å². The number of fused-ring (bicyclic) bond motifs is 1. The summed E-state index contributed by atoms with van der Waals surface area (Å²) in [6, 6.07) is 6.38. The Morgan fingerprint density at radius 3 is 2.61 bits per heavy atom. The number of carbonyl (C=O) groups is 2. The minimum atomic E-state index is -0.417. The third kappa shape index (κ3) is 4.74. The van der Waals surface area contributed by atoms with Crippen LogP contribution in [-0.2, 0) is 16.1 Å². The third-order valence-corrected chi connectivity index (χ3v) is 6.09. The Balaban J connectivity index is 1.45. The Bertz CT molecular complexity index is 1150. The smallest absolute Gasteiger partial charge is 0.338 e. The van der Waals surface area contributed by atoms with E-state index in [1.165, 1.54) is 28.7 Å². The lowest BCUT2D eigenvalue weighted by atomic mass is 10.1. The predicted molar refractivity (Wildman–Crippen MR) is 119 cm³/mol. The molecule has 0 aliphatic carbocycles. The number of benzene rings is 1. The van der Waals surface area contributed by atoms with E-state index < -0.39 is 5.97 Å². The van der Waals surface area contributed by atoms with Crippen LogP contribution in [0.5, 0.6) is 0 Å². The van der Waals surface area contributed by atoms with Gasteiger partial charge in [-0.25, -0.2) is 9.78 Å². The molecule has 1 N–H and O–H groups in total. The van der Waals surface area contributed by atoms with Crippen LogP contribution < -0.4 is 15.8 Å². The molecule has 162 valence electrons. The van der Waals surface area contributed by atoms with Gasteiger partial charge in [0.1, 0.15) is 17.6 Å². The number of anilines is 2. The molecule has 0 radical (unpaired) electrons. The van der Waals surface area contributed by atoms with Gasteiger partial charge in [0.05, 0.1) is 12.2 Å². The first-order valence-electron chi connectivity index (χ1n) is 10.2. The van der Waals surface area contributed by atoms with Crippen molar-refractivity contribution in [2.75, 3.05) is 29.9 Å². The van der Waals surface area contributed by atoms with Crippen molar-refractivity contribution in [3.05, 3.63) is 46.5 Å². The highest BCUT2D eigenvalue weighted by Crippen LogP contribution is 2.27. The average molecular weight is 442 g/mol. The van der Waals surface area contributed by atoms with Crippen LogP contribution in [0.2, 0.25) is 0 Å². The zero-order valence-corrected chi connectivity index (χ0v) is 18.0. The quantitative estimate of drug-likeness (QED) is 0.586. The highest BCUT2D eigenvalue weighted by Gasteiger charge is 2.18. The predicted octanol–water partition coefficient (Wildman–Crippen LogP) is 2.66. The Morgan fingerprint density at radius 2 is 1.90 bits per heavy atom. The molecule has 10 heteroatoms. The number of aromatic nitrogens is 3. The van der Waals surface area contributed by atoms with Crippen LogP contribution >= 0.6 is 11.3 Å². The van der Waals surface area contributed by atoms with E-state index in [9.17, 15) is 14.4 Å². The topological polar surface area (TPSA) is 106 Å². The van der Waals surface area contributed by atoms with Crippen LogP contribution in [0, 0.1) is 0 Å². The minimum absolute atomic E-state index is 0.168. The Labute approximate surface area is 182 Å². The molecular weight excluding hydrogens is 418 g/mol. The van der Waals surface area contributed by atoms with Crippen molar-refractivity contribution in [3.8, 4) is 0 Å². The molecule has 4 rings (SSSR count). The van der Waals surface area contributed by atoms with E-state index in [4.69, 9.17) is 4.74 Å². The number of rotatable bonds is 6. The lowest BCUT2D eigenvalue weighted by Gasteiger charge is -2.25. The van der Waals surface area contributed by atoms with Crippen LogP contribution in [-0.4, -0.2) is 46.1 Å². The maximum Gasteiger partial charge on any atom is 0.338 e. The fourth-order valence-corrected chi connectivity index (χ4v) is 4.45. The molecule has 0 atom stereocenters. The SMILES string of the molecule is CCOC(=O)c1ccc(NC(=O)Cn2cnc3nc(N4CCCCC4)sc3c2=O)cc1. The number of carbonyl (C=O) groups excluding carboxylic acids is 2. The van der Waals surface area contributed by atoms with E-state index >= 15 is 0 Å². The van der Waals surface area contributed by atoms with E-state index in [1.807, 2.05) is 0 Å². The normalized spacial score (nSPS) is 13.9. The van der Waals surface area contributed by atoms with Crippen molar-refractivity contribution in [3.63, 3.8) is 0 Å². The van der Waals surface area contributed by atoms with Gasteiger partial charge in [0.2, 0.25) is 5.91 Å². The van der Waals surface area contributed by atoms with Gasteiger partial charge >= 0.3 is 5.97 Å². The van der Waals surface area contributed by atoms with Crippen LogP contribution in [0.15, 0.2) is 35.4 Å². The van der Waals surface area contributed by atoms with E-state index in [-0.39, 0.29) is 18.0 Å². The number of esters is 1. The van der Waals surface area contributed by atoms with Gasteiger partial charge in [0.15, 0.2) is 10.8 Å². The maximum absolute atomic E-state index is 12.8. The van der Waals surface area contributed by atoms with E-state index in [0.717, 1.165) is 31.1 Å². The maximum atomic E-state index is 12.8. The van der Waals surface area contributed by atoms with Crippen molar-refractivity contribution >= 4 is 44.4 Å². The first kappa shape index (κ1) is 21.0. The monoisotopic (exact) mass is 441 g/mol. The Morgan fingerprint density at radius 1 is 1.16 bits per heavy atom. The lowest BCUT2D eigenvalue weighted by Crippen LogP contribution is -2.29. The molecule has 1 amide bonds. The van der Waals surface area contributed by atoms with Crippen molar-refractivity contribution in [2.24, 2.45) is 0 Å². The second kappa shape index (κ2) is 9.25. The highest BCUT2D eigenvalue weighted by atomic mass is 32.1. The summed E-state index contributed by atoms with van der Waals surface area (Å²) in [5.41, 5.74) is 1.06. The van der Waals surface area contributed by atoms with E-state index in [1.54, 1.807) is 31.2 Å². The fraction of sp³-hybridized carbons (Fsp3) is 0.381. The molecule has 0 spiro atoms. The van der Waals surface area contributed by atoms with Crippen molar-refractivity contribution in [2.45, 2.75) is 32.7 Å². The molecular formula is C21H23N5O4S. The summed E-state index contributed by atoms with van der Waals surface area (Å²) in [7, 11) is 0. The van der Waals surface area contributed by atoms with Gasteiger partial charge in [0, 0.05) is 18.8 Å². The number of nitrogens with zero attached hydrogens (tertiary/aromatic N) is 4. The molecule has 1 saturated heterocycles. The zero-order chi connectivity index (χ0) is 21.8. The molecule has 1 aromatic carbocycles. The lowest BCUT2D eigenvalue weighted by molar-refractivity contribution is -0.116. The number of thiazole rings is 1. The molecule has 3 heterocycles. The molecule has 31 heavy (non-hydrogen) atoms. The van der Waals surface area contributed by atoms with Crippen LogP contribution in [0.3, 0.4) is 0 Å². The van der Waals surface area contributed by atoms with Gasteiger partial charge in [-0.1, -0.05) is 11.3 Å². The summed E-state index contributed by atoms with van der Waals surface area (Å²) >= 11 is 1.33. The summed E-state index contributed by atoms with van der Waals surface area (Å²) in [4.78, 5) is 47.9. The van der Waals surface area contributed by atoms with Gasteiger partial charge < -0.3 is 15.0 Å². The summed E-state index contributed by atoms with van der Waals surface area (Å²) in [6.07, 6.45) is 4.81. The summed E-state index contributed by atoms with van der Waals surface area (Å²) < 4.78 is 6.67. The molecule has 1 aliphatic heterocycles. The summed E-state index contributed by atoms with van der Waals surface area (Å²) in [6.45, 7) is 3.74. The molecule has 0 bridgehead atoms. The second-order valence-electron chi connectivity index (χ2n) is 7.22. The van der Waals surface area contributed by atoms with Crippen LogP contribution in [0.25, 0.3) is 10.3 Å². The third-order valence-electron chi connectivity index (χ3n) is 4.99. The van der Waals surface area contributed by atoms with Gasteiger partial charge in [0.25, 0.3) is 5.56 Å². The van der Waals surface area contributed by atoms with E-state index in [0.29, 0.717) is 28.2 Å². The highest BCUT2D eigenvalue weighted by molar-refractivity contribution is 7.22. The van der Waals surface area contributed by atoms with Gasteiger partial charge in [-0.3, -0.25) is 14.2 Å². The molecule has 0 unspecified atom stereocenters. The zero-order valence-electron chi connectivity index (χ0n) is 17.2. The fourth-order valence-electron chi connectivity index (χ4n) is 3.43. The number of hydrogen-bond donors (Lipinski definition) is 1. The van der Waals surface area contributed by atoms with Crippen LogP contribution in [0.4, 0.5) is 10.8 Å². The molecule has 0 saturated carbocycles. The number of nitrogens with one attached hydrogen (secondary N) is 1. The number of piperidine rings is 1. The molecule has 1 fully saturated rings. The minimum Gasteiger partial charge on any atom is -0.462 e. The molecule has 9 nitrogen and oxygen atoms in total. The molecule has 2 aromatic heterocycles. The van der Waals surface area contributed by atoms with Gasteiger partial charge in [-0.05, 0) is 50.5 Å². The average Bonchev–Trinajstić information content (AvgIpc) is 3.22. The van der Waals surface area contributed by atoms with Crippen molar-refractivity contribution < 1.29 is 14.3 Å². The number of hydrogen-bond acceptors (Lipinski definition) is 8. The number of amides is 1. The molecule has 1 aliphatic rings. The second-order valence-corrected chi connectivity index (χ2v) is 8.20. The standard InChI is InChI=1S/C21H23N5O4S/c1-2-30-20(29)14-6-8-15(9-7-14)23-16(27)12-26-13-22-18-17(19(26)28)31-21(24-18)25-10-4-3-5-11-25/h6-9,13H,2-5,10-12H2,1H3,(H,23,27). The van der Waals surface area contributed by atoms with Gasteiger partial charge in [-0.2, -0.15) is 4.98 Å².